The molecule has 0 aromatic carbocycles. The van der Waals surface area contributed by atoms with Crippen LogP contribution in [0.25, 0.3) is 0 Å². The van der Waals surface area contributed by atoms with Crippen LogP contribution in [0.4, 0.5) is 0 Å². The molecule has 0 heterocycles. The molecule has 2 N–H and O–H groups in total. The van der Waals surface area contributed by atoms with Gasteiger partial charge in [0.2, 0.25) is 0 Å². The lowest BCUT2D eigenvalue weighted by Crippen LogP contribution is -2.36. The number of phosphoric ester groups is 1. The van der Waals surface area contributed by atoms with Crippen molar-refractivity contribution in [2.75, 3.05) is 54.4 Å². The van der Waals surface area contributed by atoms with Crippen molar-refractivity contribution in [3.05, 3.63) is 0 Å². The molecule has 0 amide bonds. The highest BCUT2D eigenvalue weighted by Gasteiger charge is 2.37. The van der Waals surface area contributed by atoms with Crippen molar-refractivity contribution < 1.29 is 28.3 Å². The van der Waals surface area contributed by atoms with Crippen LogP contribution in [0.5, 0.6) is 0 Å². The molecule has 6 nitrogen and oxygen atoms in total. The van der Waals surface area contributed by atoms with E-state index in [0.717, 1.165) is 12.8 Å². The minimum Gasteiger partial charge on any atom is -0.396 e. The maximum absolute atomic E-state index is 13.0. The first kappa shape index (κ1) is 27.0. The monoisotopic (exact) mass is 638 g/mol. The number of unbranched alkanes of at least 4 members (excludes halogenated alkanes) is 1. The average Bonchev–Trinajstić information content (AvgIpc) is 2.65. The van der Waals surface area contributed by atoms with Crippen molar-refractivity contribution in [2.45, 2.75) is 19.8 Å². The molecule has 0 fully saturated rings. The Morgan fingerprint density at radius 1 is 0.840 bits per heavy atom. The Balaban J connectivity index is 5.07. The Morgan fingerprint density at radius 2 is 1.24 bits per heavy atom. The zero-order valence-electron chi connectivity index (χ0n) is 14.3. The minimum absolute atomic E-state index is 0.00183. The van der Waals surface area contributed by atoms with E-state index in [2.05, 4.69) is 63.7 Å². The van der Waals surface area contributed by atoms with Gasteiger partial charge in [-0.25, -0.2) is 4.57 Å². The van der Waals surface area contributed by atoms with Gasteiger partial charge in [0.15, 0.2) is 0 Å². The summed E-state index contributed by atoms with van der Waals surface area (Å²) in [4.78, 5) is 0. The van der Waals surface area contributed by atoms with E-state index in [9.17, 15) is 14.8 Å². The fourth-order valence-corrected chi connectivity index (χ4v) is 6.00. The lowest BCUT2D eigenvalue weighted by atomic mass is 9.97. The van der Waals surface area contributed by atoms with E-state index < -0.39 is 18.7 Å². The van der Waals surface area contributed by atoms with Crippen molar-refractivity contribution >= 4 is 71.5 Å². The maximum atomic E-state index is 13.0. The number of aliphatic hydroxyl groups excluding tert-OH is 2. The summed E-state index contributed by atoms with van der Waals surface area (Å²) in [5, 5.41) is 21.0. The van der Waals surface area contributed by atoms with Crippen molar-refractivity contribution in [1.82, 2.24) is 0 Å². The van der Waals surface area contributed by atoms with E-state index in [1.54, 1.807) is 0 Å². The van der Waals surface area contributed by atoms with E-state index in [0.29, 0.717) is 21.3 Å². The summed E-state index contributed by atoms with van der Waals surface area (Å²) >= 11 is 13.4. The highest BCUT2D eigenvalue weighted by atomic mass is 79.9. The van der Waals surface area contributed by atoms with E-state index >= 15 is 0 Å². The molecule has 0 aliphatic heterocycles. The largest absolute Gasteiger partial charge is 0.474 e. The average molecular weight is 642 g/mol. The highest BCUT2D eigenvalue weighted by Crippen LogP contribution is 2.52. The summed E-state index contributed by atoms with van der Waals surface area (Å²) in [6.45, 7) is 1.94. The standard InChI is InChI=1S/C14H27Br4O6P/c1-2-3-4-22-25(21,23-11-13(5-15,6-16)9-19)24-12-14(7-17,8-18)10-20/h19-20H,2-12H2,1H3. The van der Waals surface area contributed by atoms with Crippen LogP contribution in [0.2, 0.25) is 0 Å². The Bertz CT molecular complexity index is 349. The molecule has 0 unspecified atom stereocenters. The molecule has 0 saturated heterocycles. The molecule has 152 valence electrons. The molecule has 0 aromatic rings. The first-order valence-corrected chi connectivity index (χ1v) is 13.8. The van der Waals surface area contributed by atoms with E-state index in [1.165, 1.54) is 0 Å². The van der Waals surface area contributed by atoms with Gasteiger partial charge in [0.1, 0.15) is 0 Å². The van der Waals surface area contributed by atoms with Crippen LogP contribution < -0.4 is 0 Å². The molecule has 0 radical (unpaired) electrons. The molecule has 0 aliphatic carbocycles. The quantitative estimate of drug-likeness (QED) is 0.147. The van der Waals surface area contributed by atoms with Gasteiger partial charge in [0, 0.05) is 32.2 Å². The van der Waals surface area contributed by atoms with Gasteiger partial charge in [-0.3, -0.25) is 13.6 Å². The summed E-state index contributed by atoms with van der Waals surface area (Å²) in [6, 6.07) is 0. The van der Waals surface area contributed by atoms with E-state index in [4.69, 9.17) is 13.6 Å². The van der Waals surface area contributed by atoms with Gasteiger partial charge in [0.25, 0.3) is 0 Å². The van der Waals surface area contributed by atoms with Crippen LogP contribution in [0.3, 0.4) is 0 Å². The predicted molar refractivity (Wildman–Crippen MR) is 115 cm³/mol. The van der Waals surface area contributed by atoms with Gasteiger partial charge in [0.05, 0.1) is 33.0 Å². The lowest BCUT2D eigenvalue weighted by molar-refractivity contribution is 0.0352. The molecule has 0 bridgehead atoms. The number of alkyl halides is 4. The minimum atomic E-state index is -3.83. The van der Waals surface area contributed by atoms with Gasteiger partial charge in [-0.2, -0.15) is 0 Å². The molecule has 0 atom stereocenters. The molecule has 0 aromatic heterocycles. The van der Waals surface area contributed by atoms with Gasteiger partial charge >= 0.3 is 7.82 Å². The van der Waals surface area contributed by atoms with E-state index in [-0.39, 0.29) is 33.0 Å². The van der Waals surface area contributed by atoms with Crippen LogP contribution in [-0.4, -0.2) is 64.6 Å². The third-order valence-corrected chi connectivity index (χ3v) is 9.76. The van der Waals surface area contributed by atoms with Crippen LogP contribution in [0, 0.1) is 10.8 Å². The van der Waals surface area contributed by atoms with Crippen molar-refractivity contribution in [3.8, 4) is 0 Å². The predicted octanol–water partition coefficient (Wildman–Crippen LogP) is 4.48. The van der Waals surface area contributed by atoms with Crippen molar-refractivity contribution in [2.24, 2.45) is 10.8 Å². The lowest BCUT2D eigenvalue weighted by Gasteiger charge is -2.31. The van der Waals surface area contributed by atoms with Crippen molar-refractivity contribution in [3.63, 3.8) is 0 Å². The molecular weight excluding hydrogens is 615 g/mol. The number of aliphatic hydroxyl groups is 2. The van der Waals surface area contributed by atoms with Crippen LogP contribution in [0.15, 0.2) is 0 Å². The highest BCUT2D eigenvalue weighted by molar-refractivity contribution is 9.10. The Kier molecular flexibility index (Phi) is 15.1. The SMILES string of the molecule is CCCCOP(=O)(OCC(CO)(CBr)CBr)OCC(CO)(CBr)CBr. The second kappa shape index (κ2) is 14.0. The number of halogens is 4. The zero-order chi connectivity index (χ0) is 19.4. The summed E-state index contributed by atoms with van der Waals surface area (Å²) in [6.07, 6.45) is 1.60. The number of rotatable bonds is 16. The van der Waals surface area contributed by atoms with Crippen LogP contribution in [-0.2, 0) is 18.1 Å². The molecule has 11 heteroatoms. The first-order valence-electron chi connectivity index (χ1n) is 7.83. The maximum Gasteiger partial charge on any atom is 0.474 e. The second-order valence-corrected chi connectivity index (χ2v) is 9.94. The van der Waals surface area contributed by atoms with Gasteiger partial charge < -0.3 is 10.2 Å². The molecule has 0 spiro atoms. The summed E-state index contributed by atoms with van der Waals surface area (Å²) in [5.74, 6) is 0. The van der Waals surface area contributed by atoms with Gasteiger partial charge in [-0.05, 0) is 6.42 Å². The Labute approximate surface area is 183 Å². The first-order chi connectivity index (χ1) is 11.8. The van der Waals surface area contributed by atoms with Crippen molar-refractivity contribution in [1.29, 1.82) is 0 Å². The molecule has 0 saturated carbocycles. The summed E-state index contributed by atoms with van der Waals surface area (Å²) < 4.78 is 29.4. The molecule has 0 aliphatic rings. The molecule has 0 rings (SSSR count). The van der Waals surface area contributed by atoms with Gasteiger partial charge in [-0.1, -0.05) is 77.1 Å². The summed E-state index contributed by atoms with van der Waals surface area (Å²) in [7, 11) is -3.83. The third-order valence-electron chi connectivity index (χ3n) is 3.61. The van der Waals surface area contributed by atoms with Gasteiger partial charge in [-0.15, -0.1) is 0 Å². The number of phosphoric acid groups is 1. The molecular formula is C14H27Br4O6P. The second-order valence-electron chi connectivity index (χ2n) is 6.03. The fourth-order valence-electron chi connectivity index (χ4n) is 1.35. The normalized spacial score (nSPS) is 13.4. The number of hydrogen-bond acceptors (Lipinski definition) is 6. The zero-order valence-corrected chi connectivity index (χ0v) is 21.5. The van der Waals surface area contributed by atoms with Crippen LogP contribution >= 0.6 is 71.5 Å². The fraction of sp³-hybridized carbons (Fsp3) is 1.00. The van der Waals surface area contributed by atoms with Crippen LogP contribution in [0.1, 0.15) is 19.8 Å². The Hall–Kier alpha value is 1.95. The summed E-state index contributed by atoms with van der Waals surface area (Å²) in [5.41, 5.74) is -1.27. The van der Waals surface area contributed by atoms with E-state index in [1.807, 2.05) is 6.92 Å². The topological polar surface area (TPSA) is 85.2 Å². The molecule has 25 heavy (non-hydrogen) atoms. The smallest absolute Gasteiger partial charge is 0.396 e. The number of hydrogen-bond donors (Lipinski definition) is 2. The Morgan fingerprint density at radius 3 is 1.52 bits per heavy atom. The third kappa shape index (κ3) is 9.33.